The molecule has 3 aromatic heterocycles. The molecule has 0 saturated heterocycles. The van der Waals surface area contributed by atoms with Crippen LogP contribution in [0.5, 0.6) is 0 Å². The van der Waals surface area contributed by atoms with Crippen molar-refractivity contribution in [2.45, 2.75) is 12.6 Å². The first-order chi connectivity index (χ1) is 13.4. The lowest BCUT2D eigenvalue weighted by Crippen LogP contribution is -2.15. The van der Waals surface area contributed by atoms with E-state index in [1.54, 1.807) is 28.9 Å². The topological polar surface area (TPSA) is 75.1 Å². The first-order valence-corrected chi connectivity index (χ1v) is 8.75. The summed E-state index contributed by atoms with van der Waals surface area (Å²) in [6, 6.07) is 3.29. The number of carbonyl (C=O) groups excluding carboxylic acids is 1. The van der Waals surface area contributed by atoms with Gasteiger partial charge in [0.1, 0.15) is 17.3 Å². The summed E-state index contributed by atoms with van der Waals surface area (Å²) in [5.41, 5.74) is 1.21. The number of rotatable bonds is 3. The molecule has 2 N–H and O–H groups in total. The van der Waals surface area contributed by atoms with Gasteiger partial charge in [-0.2, -0.15) is 5.10 Å². The monoisotopic (exact) mass is 405 g/mol. The average molecular weight is 406 g/mol. The van der Waals surface area contributed by atoms with Crippen LogP contribution in [-0.2, 0) is 4.79 Å². The van der Waals surface area contributed by atoms with Crippen LogP contribution in [0.4, 0.5) is 19.0 Å². The molecule has 142 valence electrons. The van der Waals surface area contributed by atoms with Crippen LogP contribution in [0, 0.1) is 17.6 Å². The number of aromatic amines is 1. The molecule has 4 aromatic rings. The van der Waals surface area contributed by atoms with Crippen molar-refractivity contribution in [2.75, 3.05) is 5.32 Å². The Hall–Kier alpha value is -3.07. The fraction of sp³-hybridized carbons (Fsp3) is 0.167. The van der Waals surface area contributed by atoms with Gasteiger partial charge in [-0.3, -0.25) is 9.89 Å². The lowest BCUT2D eigenvalue weighted by Gasteiger charge is -2.09. The SMILES string of the molecule is O=C(Nc1cn2cc(-c3c(Cl)c(F)c(F)c4[nH]ncc34)ccc2n1)[C@@H]1C[C@@H]1F. The van der Waals surface area contributed by atoms with E-state index in [0.29, 0.717) is 16.6 Å². The van der Waals surface area contributed by atoms with Crippen LogP contribution in [-0.4, -0.2) is 31.7 Å². The molecule has 0 radical (unpaired) electrons. The van der Waals surface area contributed by atoms with Crippen molar-refractivity contribution in [3.63, 3.8) is 0 Å². The molecule has 0 spiro atoms. The summed E-state index contributed by atoms with van der Waals surface area (Å²) in [6.07, 6.45) is 3.66. The van der Waals surface area contributed by atoms with Gasteiger partial charge < -0.3 is 9.72 Å². The van der Waals surface area contributed by atoms with E-state index in [4.69, 9.17) is 11.6 Å². The smallest absolute Gasteiger partial charge is 0.231 e. The molecule has 0 bridgehead atoms. The largest absolute Gasteiger partial charge is 0.309 e. The van der Waals surface area contributed by atoms with Gasteiger partial charge in [0.15, 0.2) is 17.5 Å². The van der Waals surface area contributed by atoms with Gasteiger partial charge in [-0.25, -0.2) is 18.2 Å². The minimum Gasteiger partial charge on any atom is -0.309 e. The Bertz CT molecular complexity index is 1270. The highest BCUT2D eigenvalue weighted by molar-refractivity contribution is 6.35. The summed E-state index contributed by atoms with van der Waals surface area (Å²) in [4.78, 5) is 16.1. The molecule has 1 amide bonds. The van der Waals surface area contributed by atoms with Crippen molar-refractivity contribution >= 4 is 39.9 Å². The summed E-state index contributed by atoms with van der Waals surface area (Å²) in [5.74, 6) is -3.04. The van der Waals surface area contributed by atoms with Crippen LogP contribution in [0.25, 0.3) is 27.7 Å². The predicted molar refractivity (Wildman–Crippen MR) is 96.8 cm³/mol. The Morgan fingerprint density at radius 1 is 1.29 bits per heavy atom. The number of nitrogens with one attached hydrogen (secondary N) is 2. The van der Waals surface area contributed by atoms with Gasteiger partial charge in [0.2, 0.25) is 5.91 Å². The Balaban J connectivity index is 1.58. The summed E-state index contributed by atoms with van der Waals surface area (Å²) in [5, 5.41) is 8.75. The van der Waals surface area contributed by atoms with Gasteiger partial charge in [-0.05, 0) is 18.6 Å². The zero-order valence-electron chi connectivity index (χ0n) is 14.0. The number of hydrogen-bond acceptors (Lipinski definition) is 3. The van der Waals surface area contributed by atoms with Crippen molar-refractivity contribution < 1.29 is 18.0 Å². The van der Waals surface area contributed by atoms with Crippen LogP contribution in [0.3, 0.4) is 0 Å². The maximum atomic E-state index is 14.2. The number of pyridine rings is 1. The van der Waals surface area contributed by atoms with Crippen molar-refractivity contribution in [1.82, 2.24) is 19.6 Å². The summed E-state index contributed by atoms with van der Waals surface area (Å²) < 4.78 is 42.9. The van der Waals surface area contributed by atoms with Crippen molar-refractivity contribution in [3.8, 4) is 11.1 Å². The molecule has 3 heterocycles. The molecule has 10 heteroatoms. The number of halogens is 4. The first-order valence-electron chi connectivity index (χ1n) is 8.37. The molecule has 0 aliphatic heterocycles. The highest BCUT2D eigenvalue weighted by Crippen LogP contribution is 2.38. The van der Waals surface area contributed by atoms with Crippen LogP contribution in [0.1, 0.15) is 6.42 Å². The van der Waals surface area contributed by atoms with Gasteiger partial charge in [0, 0.05) is 22.7 Å². The minimum atomic E-state index is -1.17. The molecule has 0 unspecified atom stereocenters. The van der Waals surface area contributed by atoms with E-state index in [0.717, 1.165) is 0 Å². The minimum absolute atomic E-state index is 0.0826. The van der Waals surface area contributed by atoms with E-state index in [-0.39, 0.29) is 28.3 Å². The quantitative estimate of drug-likeness (QED) is 0.504. The van der Waals surface area contributed by atoms with Gasteiger partial charge >= 0.3 is 0 Å². The molecule has 28 heavy (non-hydrogen) atoms. The number of H-pyrrole nitrogens is 1. The maximum Gasteiger partial charge on any atom is 0.231 e. The normalized spacial score (nSPS) is 18.7. The molecule has 1 saturated carbocycles. The van der Waals surface area contributed by atoms with Gasteiger partial charge in [-0.1, -0.05) is 11.6 Å². The third-order valence-corrected chi connectivity index (χ3v) is 5.13. The Labute approximate surface area is 160 Å². The number of amides is 1. The lowest BCUT2D eigenvalue weighted by molar-refractivity contribution is -0.117. The molecule has 2 atom stereocenters. The molecule has 1 fully saturated rings. The molecule has 1 aromatic carbocycles. The summed E-state index contributed by atoms with van der Waals surface area (Å²) in [7, 11) is 0. The third-order valence-electron chi connectivity index (χ3n) is 4.77. The number of imidazole rings is 1. The molecule has 1 aliphatic carbocycles. The van der Waals surface area contributed by atoms with Gasteiger partial charge in [0.25, 0.3) is 0 Å². The van der Waals surface area contributed by atoms with Crippen molar-refractivity contribution in [3.05, 3.63) is 47.4 Å². The fourth-order valence-electron chi connectivity index (χ4n) is 3.21. The van der Waals surface area contributed by atoms with Crippen LogP contribution in [0.15, 0.2) is 30.7 Å². The number of alkyl halides is 1. The number of fused-ring (bicyclic) bond motifs is 2. The van der Waals surface area contributed by atoms with Crippen LogP contribution >= 0.6 is 11.6 Å². The molecule has 6 nitrogen and oxygen atoms in total. The fourth-order valence-corrected chi connectivity index (χ4v) is 3.51. The van der Waals surface area contributed by atoms with Crippen molar-refractivity contribution in [1.29, 1.82) is 0 Å². The predicted octanol–water partition coefficient (Wildman–Crippen LogP) is 4.11. The molecular weight excluding hydrogens is 395 g/mol. The number of aromatic nitrogens is 4. The number of anilines is 1. The van der Waals surface area contributed by atoms with Gasteiger partial charge in [-0.15, -0.1) is 0 Å². The maximum absolute atomic E-state index is 14.2. The zero-order chi connectivity index (χ0) is 19.6. The lowest BCUT2D eigenvalue weighted by atomic mass is 10.0. The summed E-state index contributed by atoms with van der Waals surface area (Å²) in [6.45, 7) is 0. The number of benzene rings is 1. The van der Waals surface area contributed by atoms with E-state index in [2.05, 4.69) is 20.5 Å². The number of hydrogen-bond donors (Lipinski definition) is 2. The third kappa shape index (κ3) is 2.54. The van der Waals surface area contributed by atoms with E-state index >= 15 is 0 Å². The van der Waals surface area contributed by atoms with Crippen molar-refractivity contribution in [2.24, 2.45) is 5.92 Å². The first kappa shape index (κ1) is 17.1. The number of nitrogens with zero attached hydrogens (tertiary/aromatic N) is 3. The molecule has 1 aliphatic rings. The second-order valence-corrected chi connectivity index (χ2v) is 7.01. The highest BCUT2D eigenvalue weighted by Gasteiger charge is 2.43. The Morgan fingerprint density at radius 2 is 2.07 bits per heavy atom. The van der Waals surface area contributed by atoms with E-state index in [1.807, 2.05) is 0 Å². The van der Waals surface area contributed by atoms with E-state index in [9.17, 15) is 18.0 Å². The second-order valence-electron chi connectivity index (χ2n) is 6.63. The Kier molecular flexibility index (Phi) is 3.63. The standard InChI is InChI=1S/C18H11ClF3N5O/c19-14-13(9-4-23-26-17(9)16(22)15(14)21)7-1-2-12-24-11(6-27(12)5-7)25-18(28)8-3-10(8)20/h1-2,4-6,8,10H,3H2,(H,23,26)(H,25,28)/t8-,10+/m1/s1. The average Bonchev–Trinajstić information content (AvgIpc) is 3.06. The molecular formula is C18H11ClF3N5O. The Morgan fingerprint density at radius 3 is 2.82 bits per heavy atom. The zero-order valence-corrected chi connectivity index (χ0v) is 14.8. The van der Waals surface area contributed by atoms with Gasteiger partial charge in [0.05, 0.1) is 23.3 Å². The second kappa shape index (κ2) is 5.96. The number of carbonyl (C=O) groups is 1. The molecule has 5 rings (SSSR count). The van der Waals surface area contributed by atoms with Crippen LogP contribution < -0.4 is 5.32 Å². The van der Waals surface area contributed by atoms with E-state index < -0.39 is 29.6 Å². The van der Waals surface area contributed by atoms with E-state index in [1.165, 1.54) is 6.20 Å². The highest BCUT2D eigenvalue weighted by atomic mass is 35.5. The van der Waals surface area contributed by atoms with Crippen LogP contribution in [0.2, 0.25) is 5.02 Å². The summed E-state index contributed by atoms with van der Waals surface area (Å²) >= 11 is 6.08.